The molecular formula is C13H17F3N2O3. The van der Waals surface area contributed by atoms with Gasteiger partial charge in [-0.05, 0) is 25.1 Å². The van der Waals surface area contributed by atoms with Crippen molar-refractivity contribution in [2.75, 3.05) is 26.1 Å². The van der Waals surface area contributed by atoms with Gasteiger partial charge in [0.05, 0.1) is 17.9 Å². The molecule has 0 radical (unpaired) electrons. The van der Waals surface area contributed by atoms with Crippen molar-refractivity contribution >= 4 is 11.6 Å². The summed E-state index contributed by atoms with van der Waals surface area (Å²) in [4.78, 5) is 11.5. The van der Waals surface area contributed by atoms with Gasteiger partial charge in [0, 0.05) is 13.2 Å². The van der Waals surface area contributed by atoms with Crippen LogP contribution in [0.5, 0.6) is 5.75 Å². The van der Waals surface area contributed by atoms with E-state index in [2.05, 4.69) is 5.32 Å². The quantitative estimate of drug-likeness (QED) is 0.786. The minimum Gasteiger partial charge on any atom is -0.482 e. The Labute approximate surface area is 120 Å². The number of anilines is 1. The largest absolute Gasteiger partial charge is 0.482 e. The lowest BCUT2D eigenvalue weighted by atomic mass is 10.2. The third kappa shape index (κ3) is 5.50. The van der Waals surface area contributed by atoms with Gasteiger partial charge >= 0.3 is 6.18 Å². The zero-order valence-corrected chi connectivity index (χ0v) is 11.7. The molecule has 8 heteroatoms. The number of carbonyl (C=O) groups is 1. The summed E-state index contributed by atoms with van der Waals surface area (Å²) in [6.07, 6.45) is -4.47. The van der Waals surface area contributed by atoms with E-state index < -0.39 is 17.6 Å². The Balaban J connectivity index is 2.58. The Morgan fingerprint density at radius 3 is 2.62 bits per heavy atom. The van der Waals surface area contributed by atoms with Gasteiger partial charge in [-0.2, -0.15) is 13.2 Å². The van der Waals surface area contributed by atoms with E-state index in [4.69, 9.17) is 15.2 Å². The molecule has 118 valence electrons. The zero-order chi connectivity index (χ0) is 16.0. The number of ether oxygens (including phenoxy) is 2. The highest BCUT2D eigenvalue weighted by atomic mass is 19.4. The van der Waals surface area contributed by atoms with Crippen molar-refractivity contribution in [3.8, 4) is 5.75 Å². The van der Waals surface area contributed by atoms with Gasteiger partial charge in [0.1, 0.15) is 5.75 Å². The molecule has 1 aromatic carbocycles. The van der Waals surface area contributed by atoms with Gasteiger partial charge in [0.15, 0.2) is 6.61 Å². The number of nitrogens with two attached hydrogens (primary N) is 1. The second kappa shape index (κ2) is 7.16. The second-order valence-corrected chi connectivity index (χ2v) is 4.46. The van der Waals surface area contributed by atoms with Crippen molar-refractivity contribution < 1.29 is 27.4 Å². The zero-order valence-electron chi connectivity index (χ0n) is 11.7. The van der Waals surface area contributed by atoms with Gasteiger partial charge in [-0.25, -0.2) is 0 Å². The maximum atomic E-state index is 12.5. The number of rotatable bonds is 6. The number of nitrogens with one attached hydrogen (secondary N) is 1. The average Bonchev–Trinajstić information content (AvgIpc) is 2.36. The first-order valence-corrected chi connectivity index (χ1v) is 6.12. The summed E-state index contributed by atoms with van der Waals surface area (Å²) in [6, 6.07) is 2.50. The smallest absolute Gasteiger partial charge is 0.416 e. The number of carbonyl (C=O) groups excluding carboxylic acids is 1. The molecule has 0 fully saturated rings. The van der Waals surface area contributed by atoms with Crippen molar-refractivity contribution in [3.05, 3.63) is 23.8 Å². The number of amides is 1. The molecule has 0 aliphatic heterocycles. The molecule has 0 aliphatic rings. The van der Waals surface area contributed by atoms with Gasteiger partial charge in [-0.1, -0.05) is 0 Å². The number of hydrogen-bond donors (Lipinski definition) is 2. The number of halogens is 3. The lowest BCUT2D eigenvalue weighted by Gasteiger charge is -2.14. The summed E-state index contributed by atoms with van der Waals surface area (Å²) in [5.41, 5.74) is 4.43. The normalized spacial score (nSPS) is 12.8. The first kappa shape index (κ1) is 17.1. The molecule has 0 bridgehead atoms. The van der Waals surface area contributed by atoms with Crippen LogP contribution in [-0.2, 0) is 15.7 Å². The molecule has 0 saturated carbocycles. The fraction of sp³-hybridized carbons (Fsp3) is 0.462. The predicted octanol–water partition coefficient (Wildman–Crippen LogP) is 1.82. The molecule has 0 aliphatic carbocycles. The summed E-state index contributed by atoms with van der Waals surface area (Å²) >= 11 is 0. The van der Waals surface area contributed by atoms with Crippen molar-refractivity contribution in [2.45, 2.75) is 19.1 Å². The molecular weight excluding hydrogens is 289 g/mol. The molecule has 1 unspecified atom stereocenters. The average molecular weight is 306 g/mol. The number of nitrogen functional groups attached to an aromatic ring is 1. The highest BCUT2D eigenvalue weighted by molar-refractivity contribution is 5.78. The first-order valence-electron chi connectivity index (χ1n) is 6.12. The molecule has 1 aromatic rings. The van der Waals surface area contributed by atoms with E-state index >= 15 is 0 Å². The highest BCUT2D eigenvalue weighted by Crippen LogP contribution is 2.33. The monoisotopic (exact) mass is 306 g/mol. The first-order chi connectivity index (χ1) is 9.74. The van der Waals surface area contributed by atoms with Crippen LogP contribution in [0.25, 0.3) is 0 Å². The fourth-order valence-electron chi connectivity index (χ4n) is 1.61. The van der Waals surface area contributed by atoms with Crippen LogP contribution in [0.1, 0.15) is 12.5 Å². The summed E-state index contributed by atoms with van der Waals surface area (Å²) in [5.74, 6) is -0.392. The third-order valence-corrected chi connectivity index (χ3v) is 2.52. The van der Waals surface area contributed by atoms with Crippen molar-refractivity contribution in [1.82, 2.24) is 5.32 Å². The molecule has 1 atom stereocenters. The van der Waals surface area contributed by atoms with Gasteiger partial charge in [0.2, 0.25) is 0 Å². The SMILES string of the molecule is COCC(C)NC(=O)COc1ccc(C(F)(F)F)cc1N. The Bertz CT molecular complexity index is 492. The van der Waals surface area contributed by atoms with Crippen molar-refractivity contribution in [2.24, 2.45) is 0 Å². The highest BCUT2D eigenvalue weighted by Gasteiger charge is 2.30. The molecule has 0 saturated heterocycles. The molecule has 3 N–H and O–H groups in total. The van der Waals surface area contributed by atoms with E-state index in [1.165, 1.54) is 7.11 Å². The van der Waals surface area contributed by atoms with Gasteiger partial charge in [0.25, 0.3) is 5.91 Å². The Morgan fingerprint density at radius 1 is 1.43 bits per heavy atom. The van der Waals surface area contributed by atoms with Crippen molar-refractivity contribution in [1.29, 1.82) is 0 Å². The van der Waals surface area contributed by atoms with Crippen LogP contribution < -0.4 is 15.8 Å². The van der Waals surface area contributed by atoms with Crippen LogP contribution in [0.2, 0.25) is 0 Å². The molecule has 21 heavy (non-hydrogen) atoms. The van der Waals surface area contributed by atoms with E-state index in [1.807, 2.05) is 0 Å². The molecule has 1 rings (SSSR count). The van der Waals surface area contributed by atoms with E-state index in [9.17, 15) is 18.0 Å². The maximum absolute atomic E-state index is 12.5. The summed E-state index contributed by atoms with van der Waals surface area (Å²) in [7, 11) is 1.50. The molecule has 0 heterocycles. The van der Waals surface area contributed by atoms with Crippen LogP contribution in [0.15, 0.2) is 18.2 Å². The topological polar surface area (TPSA) is 73.6 Å². The Morgan fingerprint density at radius 2 is 2.10 bits per heavy atom. The minimum absolute atomic E-state index is 0.0255. The maximum Gasteiger partial charge on any atom is 0.416 e. The van der Waals surface area contributed by atoms with Crippen molar-refractivity contribution in [3.63, 3.8) is 0 Å². The molecule has 0 aromatic heterocycles. The van der Waals surface area contributed by atoms with Crippen LogP contribution in [0.3, 0.4) is 0 Å². The Kier molecular flexibility index (Phi) is 5.83. The van der Waals surface area contributed by atoms with Gasteiger partial charge in [-0.3, -0.25) is 4.79 Å². The lowest BCUT2D eigenvalue weighted by Crippen LogP contribution is -2.38. The minimum atomic E-state index is -4.47. The fourth-order valence-corrected chi connectivity index (χ4v) is 1.61. The van der Waals surface area contributed by atoms with E-state index in [1.54, 1.807) is 6.92 Å². The predicted molar refractivity (Wildman–Crippen MR) is 70.8 cm³/mol. The van der Waals surface area contributed by atoms with E-state index in [-0.39, 0.29) is 24.1 Å². The van der Waals surface area contributed by atoms with Crippen LogP contribution in [0, 0.1) is 0 Å². The molecule has 0 spiro atoms. The lowest BCUT2D eigenvalue weighted by molar-refractivity contribution is -0.137. The second-order valence-electron chi connectivity index (χ2n) is 4.46. The molecule has 1 amide bonds. The summed E-state index contributed by atoms with van der Waals surface area (Å²) in [6.45, 7) is 1.74. The van der Waals surface area contributed by atoms with Crippen LogP contribution >= 0.6 is 0 Å². The van der Waals surface area contributed by atoms with E-state index in [0.29, 0.717) is 6.61 Å². The Hall–Kier alpha value is -1.96. The number of alkyl halides is 3. The van der Waals surface area contributed by atoms with E-state index in [0.717, 1.165) is 18.2 Å². The molecule has 5 nitrogen and oxygen atoms in total. The summed E-state index contributed by atoms with van der Waals surface area (Å²) < 4.78 is 47.3. The number of methoxy groups -OCH3 is 1. The van der Waals surface area contributed by atoms with Crippen LogP contribution in [-0.4, -0.2) is 32.3 Å². The van der Waals surface area contributed by atoms with Gasteiger partial charge < -0.3 is 20.5 Å². The number of benzene rings is 1. The standard InChI is InChI=1S/C13H17F3N2O3/c1-8(6-20-2)18-12(19)7-21-11-4-3-9(5-10(11)17)13(14,15)16/h3-5,8H,6-7,17H2,1-2H3,(H,18,19). The number of hydrogen-bond acceptors (Lipinski definition) is 4. The van der Waals surface area contributed by atoms with Crippen LogP contribution in [0.4, 0.5) is 18.9 Å². The third-order valence-electron chi connectivity index (χ3n) is 2.52. The summed E-state index contributed by atoms with van der Waals surface area (Å²) in [5, 5.41) is 2.60. The van der Waals surface area contributed by atoms with Gasteiger partial charge in [-0.15, -0.1) is 0 Å².